The molecular weight excluding hydrogens is 440 g/mol. The van der Waals surface area contributed by atoms with Gasteiger partial charge in [-0.05, 0) is 62.6 Å². The number of ether oxygens (including phenoxy) is 3. The number of likely N-dealkylation sites (tertiary alicyclic amines) is 1. The average molecular weight is 471 g/mol. The number of benzene rings is 1. The summed E-state index contributed by atoms with van der Waals surface area (Å²) in [5.41, 5.74) is 0.222. The van der Waals surface area contributed by atoms with Crippen LogP contribution in [-0.2, 0) is 21.3 Å². The van der Waals surface area contributed by atoms with Gasteiger partial charge in [-0.1, -0.05) is 6.07 Å². The number of piperidine rings is 1. The molecule has 33 heavy (non-hydrogen) atoms. The maximum Gasteiger partial charge on any atom is 0.165 e. The maximum atomic E-state index is 12.7. The van der Waals surface area contributed by atoms with Gasteiger partial charge in [-0.2, -0.15) is 0 Å². The Morgan fingerprint density at radius 1 is 1.18 bits per heavy atom. The van der Waals surface area contributed by atoms with E-state index in [0.717, 1.165) is 56.2 Å². The molecule has 7 nitrogen and oxygen atoms in total. The summed E-state index contributed by atoms with van der Waals surface area (Å²) in [7, 11) is 0. The second-order valence-electron chi connectivity index (χ2n) is 11.7. The summed E-state index contributed by atoms with van der Waals surface area (Å²) in [4.78, 5) is 5.00. The monoisotopic (exact) mass is 470 g/mol. The van der Waals surface area contributed by atoms with E-state index in [1.807, 2.05) is 11.8 Å². The molecule has 2 spiro atoms. The van der Waals surface area contributed by atoms with Crippen LogP contribution in [0.3, 0.4) is 0 Å². The molecule has 9 rings (SSSR count). The lowest BCUT2D eigenvalue weighted by molar-refractivity contribution is -0.255. The van der Waals surface area contributed by atoms with Gasteiger partial charge in [-0.15, -0.1) is 11.8 Å². The molecule has 0 aromatic heterocycles. The fourth-order valence-electron chi connectivity index (χ4n) is 8.88. The zero-order valence-corrected chi connectivity index (χ0v) is 19.4. The molecule has 0 unspecified atom stereocenters. The van der Waals surface area contributed by atoms with Gasteiger partial charge in [0.25, 0.3) is 0 Å². The molecule has 8 heteroatoms. The highest BCUT2D eigenvalue weighted by Crippen LogP contribution is 2.70. The van der Waals surface area contributed by atoms with Crippen LogP contribution in [-0.4, -0.2) is 86.6 Å². The Morgan fingerprint density at radius 3 is 2.97 bits per heavy atom. The lowest BCUT2D eigenvalue weighted by Gasteiger charge is -2.66. The molecule has 1 aromatic carbocycles. The Morgan fingerprint density at radius 2 is 2.09 bits per heavy atom. The second-order valence-corrected chi connectivity index (χ2v) is 12.8. The zero-order chi connectivity index (χ0) is 21.7. The highest BCUT2D eigenvalue weighted by atomic mass is 32.2. The van der Waals surface area contributed by atoms with Crippen LogP contribution in [0, 0.1) is 5.92 Å². The summed E-state index contributed by atoms with van der Waals surface area (Å²) in [5, 5.41) is 23.6. The van der Waals surface area contributed by atoms with Crippen molar-refractivity contribution in [1.29, 1.82) is 0 Å². The van der Waals surface area contributed by atoms with Gasteiger partial charge in [0.2, 0.25) is 0 Å². The lowest BCUT2D eigenvalue weighted by atomic mass is 9.46. The Hall–Kier alpha value is -1.03. The van der Waals surface area contributed by atoms with Crippen molar-refractivity contribution in [1.82, 2.24) is 9.80 Å². The third kappa shape index (κ3) is 2.00. The summed E-state index contributed by atoms with van der Waals surface area (Å²) in [6.45, 7) is 2.80. The molecule has 1 aromatic rings. The van der Waals surface area contributed by atoms with Gasteiger partial charge < -0.3 is 24.4 Å². The Bertz CT molecular complexity index is 1080. The molecule has 2 saturated carbocycles. The van der Waals surface area contributed by atoms with Crippen LogP contribution in [0.5, 0.6) is 11.5 Å². The third-order valence-electron chi connectivity index (χ3n) is 10.4. The molecule has 176 valence electrons. The van der Waals surface area contributed by atoms with Crippen molar-refractivity contribution >= 4 is 11.8 Å². The molecule has 5 heterocycles. The number of hydrogen-bond donors (Lipinski definition) is 2. The maximum absolute atomic E-state index is 12.7. The van der Waals surface area contributed by atoms with Gasteiger partial charge in [0, 0.05) is 29.9 Å². The van der Waals surface area contributed by atoms with Gasteiger partial charge in [0.1, 0.15) is 17.9 Å². The first kappa shape index (κ1) is 19.2. The molecule has 5 aliphatic heterocycles. The van der Waals surface area contributed by atoms with Crippen molar-refractivity contribution < 1.29 is 24.4 Å². The van der Waals surface area contributed by atoms with Gasteiger partial charge in [0.15, 0.2) is 17.1 Å². The van der Waals surface area contributed by atoms with Crippen molar-refractivity contribution in [3.8, 4) is 11.5 Å². The lowest BCUT2D eigenvalue weighted by Crippen LogP contribution is -2.80. The topological polar surface area (TPSA) is 74.6 Å². The van der Waals surface area contributed by atoms with Crippen molar-refractivity contribution in [2.45, 2.75) is 85.1 Å². The number of aliphatic hydroxyl groups is 1. The van der Waals surface area contributed by atoms with Crippen molar-refractivity contribution in [3.63, 3.8) is 0 Å². The van der Waals surface area contributed by atoms with E-state index in [1.165, 1.54) is 18.4 Å². The van der Waals surface area contributed by atoms with Crippen LogP contribution in [0.1, 0.15) is 43.2 Å². The molecule has 0 amide bonds. The second kappa shape index (κ2) is 5.85. The van der Waals surface area contributed by atoms with E-state index in [-0.39, 0.29) is 29.7 Å². The van der Waals surface area contributed by atoms with Crippen LogP contribution >= 0.6 is 11.8 Å². The van der Waals surface area contributed by atoms with Gasteiger partial charge in [-0.3, -0.25) is 4.90 Å². The summed E-state index contributed by atoms with van der Waals surface area (Å²) >= 11 is 1.87. The number of fused-ring (bicyclic) bond motifs is 2. The standard InChI is InChI=1S/C25H30N2O5S/c28-16-4-3-14-9-17-25(29)6-5-24(21-27-15(11-30-21)12-33-22(27)32-24)20-23(25,18(14)19(16)31-20)7-8-26(17)10-13-1-2-13/h3-4,13,15,17,20-22,28-29H,1-2,5-12H2/t15-,17+,20+,21+,22+,23-,24-,25+/m0/s1. The number of nitrogens with zero attached hydrogens (tertiary/aromatic N) is 2. The number of phenols is 1. The fourth-order valence-corrected chi connectivity index (χ4v) is 10.2. The molecule has 2 bridgehead atoms. The van der Waals surface area contributed by atoms with Crippen LogP contribution in [0.15, 0.2) is 12.1 Å². The van der Waals surface area contributed by atoms with E-state index in [1.54, 1.807) is 6.07 Å². The predicted octanol–water partition coefficient (Wildman–Crippen LogP) is 1.78. The molecule has 4 saturated heterocycles. The van der Waals surface area contributed by atoms with Crippen LogP contribution in [0.2, 0.25) is 0 Å². The third-order valence-corrected chi connectivity index (χ3v) is 11.6. The number of aromatic hydroxyl groups is 1. The average Bonchev–Trinajstić information content (AvgIpc) is 3.14. The minimum atomic E-state index is -0.885. The first-order chi connectivity index (χ1) is 16.1. The zero-order valence-electron chi connectivity index (χ0n) is 18.6. The first-order valence-corrected chi connectivity index (χ1v) is 13.8. The highest BCUT2D eigenvalue weighted by molar-refractivity contribution is 8.00. The first-order valence-electron chi connectivity index (χ1n) is 12.7. The van der Waals surface area contributed by atoms with Gasteiger partial charge in [0.05, 0.1) is 17.6 Å². The Balaban J connectivity index is 1.24. The molecule has 6 fully saturated rings. The van der Waals surface area contributed by atoms with Crippen molar-refractivity contribution in [3.05, 3.63) is 23.3 Å². The molecule has 2 N–H and O–H groups in total. The minimum Gasteiger partial charge on any atom is -0.504 e. The van der Waals surface area contributed by atoms with E-state index in [4.69, 9.17) is 14.2 Å². The highest BCUT2D eigenvalue weighted by Gasteiger charge is 2.80. The fraction of sp³-hybridized carbons (Fsp3) is 0.760. The van der Waals surface area contributed by atoms with E-state index in [9.17, 15) is 10.2 Å². The van der Waals surface area contributed by atoms with Crippen LogP contribution in [0.25, 0.3) is 0 Å². The van der Waals surface area contributed by atoms with Gasteiger partial charge in [-0.25, -0.2) is 4.90 Å². The van der Waals surface area contributed by atoms with E-state index < -0.39 is 16.6 Å². The SMILES string of the molecule is Oc1ccc2c3c1O[C@H]1[C@]4(CC[C@@]5(O)[C@@H](C2)N(CC2CC2)CC[C@]315)O[C@@H]1SC[C@@H]2CO[C@H]4N21. The van der Waals surface area contributed by atoms with E-state index >= 15 is 0 Å². The van der Waals surface area contributed by atoms with Crippen LogP contribution < -0.4 is 4.74 Å². The van der Waals surface area contributed by atoms with Crippen molar-refractivity contribution in [2.24, 2.45) is 5.92 Å². The number of rotatable bonds is 2. The number of hydrogen-bond acceptors (Lipinski definition) is 8. The number of thioether (sulfide) groups is 1. The quantitative estimate of drug-likeness (QED) is 0.678. The van der Waals surface area contributed by atoms with Crippen molar-refractivity contribution in [2.75, 3.05) is 25.4 Å². The van der Waals surface area contributed by atoms with Crippen LogP contribution in [0.4, 0.5) is 0 Å². The molecule has 8 atom stereocenters. The van der Waals surface area contributed by atoms with E-state index in [0.29, 0.717) is 18.2 Å². The molecule has 8 aliphatic rings. The van der Waals surface area contributed by atoms with Gasteiger partial charge >= 0.3 is 0 Å². The summed E-state index contributed by atoms with van der Waals surface area (Å²) in [6.07, 6.45) is 5.20. The summed E-state index contributed by atoms with van der Waals surface area (Å²) in [6, 6.07) is 4.34. The van der Waals surface area contributed by atoms with E-state index in [2.05, 4.69) is 15.9 Å². The Labute approximate surface area is 197 Å². The summed E-state index contributed by atoms with van der Waals surface area (Å²) in [5.74, 6) is 2.61. The minimum absolute atomic E-state index is 0.000171. The smallest absolute Gasteiger partial charge is 0.165 e. The molecule has 3 aliphatic carbocycles. The Kier molecular flexibility index (Phi) is 3.40. The normalized spacial score (nSPS) is 51.1. The molecule has 0 radical (unpaired) electrons. The molecular formula is C25H30N2O5S. The largest absolute Gasteiger partial charge is 0.504 e. The number of phenolic OH excluding ortho intramolecular Hbond substituents is 1. The summed E-state index contributed by atoms with van der Waals surface area (Å²) < 4.78 is 20.1. The predicted molar refractivity (Wildman–Crippen MR) is 120 cm³/mol.